The number of aliphatic hydroxyl groups excluding tert-OH is 1. The fourth-order valence-corrected chi connectivity index (χ4v) is 1.52. The highest BCUT2D eigenvalue weighted by Crippen LogP contribution is 2.35. The van der Waals surface area contributed by atoms with Gasteiger partial charge in [-0.3, -0.25) is 5.32 Å². The molecule has 0 aliphatic carbocycles. The number of ether oxygens (including phenoxy) is 1. The molecule has 1 amide bonds. The van der Waals surface area contributed by atoms with Gasteiger partial charge < -0.3 is 9.84 Å². The van der Waals surface area contributed by atoms with Gasteiger partial charge in [0.25, 0.3) is 0 Å². The third-order valence-corrected chi connectivity index (χ3v) is 2.30. The molecule has 21 heavy (non-hydrogen) atoms. The van der Waals surface area contributed by atoms with Gasteiger partial charge in [0.15, 0.2) is 0 Å². The van der Waals surface area contributed by atoms with E-state index in [2.05, 4.69) is 0 Å². The molecule has 0 saturated heterocycles. The van der Waals surface area contributed by atoms with E-state index in [0.717, 1.165) is 0 Å². The summed E-state index contributed by atoms with van der Waals surface area (Å²) in [6.07, 6.45) is -5.86. The van der Waals surface area contributed by atoms with Gasteiger partial charge >= 0.3 is 12.3 Å². The van der Waals surface area contributed by atoms with Gasteiger partial charge in [0.2, 0.25) is 0 Å². The number of rotatable bonds is 2. The van der Waals surface area contributed by atoms with E-state index in [0.29, 0.717) is 12.1 Å². The summed E-state index contributed by atoms with van der Waals surface area (Å²) in [6.45, 7) is 3.69. The lowest BCUT2D eigenvalue weighted by Gasteiger charge is -2.20. The van der Waals surface area contributed by atoms with Gasteiger partial charge in [-0.05, 0) is 38.5 Å². The predicted octanol–water partition coefficient (Wildman–Crippen LogP) is 3.68. The molecule has 4 nitrogen and oxygen atoms in total. The van der Waals surface area contributed by atoms with Gasteiger partial charge in [-0.15, -0.1) is 0 Å². The lowest BCUT2D eigenvalue weighted by atomic mass is 10.1. The molecule has 1 aromatic carbocycles. The number of hydrogen-bond acceptors (Lipinski definition) is 3. The smallest absolute Gasteiger partial charge is 0.416 e. The minimum atomic E-state index is -4.78. The second kappa shape index (κ2) is 5.88. The molecule has 0 spiro atoms. The Bertz CT molecular complexity index is 535. The number of hydrogen-bond donors (Lipinski definition) is 2. The van der Waals surface area contributed by atoms with Crippen LogP contribution in [0, 0.1) is 5.82 Å². The van der Waals surface area contributed by atoms with Gasteiger partial charge in [-0.1, -0.05) is 0 Å². The van der Waals surface area contributed by atoms with Gasteiger partial charge in [-0.25, -0.2) is 9.18 Å². The van der Waals surface area contributed by atoms with Crippen molar-refractivity contribution in [2.75, 3.05) is 5.32 Å². The highest BCUT2D eigenvalue weighted by atomic mass is 19.4. The number of anilines is 1. The van der Waals surface area contributed by atoms with Crippen molar-refractivity contribution in [3.8, 4) is 0 Å². The van der Waals surface area contributed by atoms with Gasteiger partial charge in [0, 0.05) is 0 Å². The Hall–Kier alpha value is -1.83. The second-order valence-electron chi connectivity index (χ2n) is 5.27. The molecule has 0 bridgehead atoms. The van der Waals surface area contributed by atoms with Crippen LogP contribution in [0.5, 0.6) is 0 Å². The first-order valence-electron chi connectivity index (χ1n) is 5.94. The minimum Gasteiger partial charge on any atom is -0.444 e. The minimum absolute atomic E-state index is 0.421. The molecule has 118 valence electrons. The van der Waals surface area contributed by atoms with Crippen LogP contribution < -0.4 is 5.32 Å². The van der Waals surface area contributed by atoms with E-state index < -0.39 is 47.1 Å². The van der Waals surface area contributed by atoms with Crippen molar-refractivity contribution in [2.24, 2.45) is 0 Å². The van der Waals surface area contributed by atoms with Crippen molar-refractivity contribution < 1.29 is 32.2 Å². The van der Waals surface area contributed by atoms with Crippen molar-refractivity contribution in [1.82, 2.24) is 0 Å². The molecule has 0 aromatic heterocycles. The Morgan fingerprint density at radius 2 is 1.86 bits per heavy atom. The van der Waals surface area contributed by atoms with E-state index in [1.165, 1.54) is 0 Å². The van der Waals surface area contributed by atoms with Crippen LogP contribution in [0.15, 0.2) is 12.1 Å². The molecular formula is C13H15F4NO3. The third kappa shape index (κ3) is 4.89. The van der Waals surface area contributed by atoms with E-state index in [4.69, 9.17) is 9.84 Å². The first-order valence-corrected chi connectivity index (χ1v) is 5.94. The van der Waals surface area contributed by atoms with Crippen LogP contribution in [-0.4, -0.2) is 16.8 Å². The molecule has 0 fully saturated rings. The molecule has 0 unspecified atom stereocenters. The Morgan fingerprint density at radius 1 is 1.29 bits per heavy atom. The van der Waals surface area contributed by atoms with Crippen LogP contribution in [0.25, 0.3) is 0 Å². The van der Waals surface area contributed by atoms with Crippen LogP contribution in [0.4, 0.5) is 28.0 Å². The van der Waals surface area contributed by atoms with Gasteiger partial charge in [0.1, 0.15) is 11.4 Å². The molecule has 1 aromatic rings. The quantitative estimate of drug-likeness (QED) is 0.819. The monoisotopic (exact) mass is 309 g/mol. The number of benzene rings is 1. The SMILES string of the molecule is CC(C)(C)OC(=O)Nc1cc(C(F)(F)F)c(CO)cc1F. The van der Waals surface area contributed by atoms with Crippen LogP contribution >= 0.6 is 0 Å². The van der Waals surface area contributed by atoms with E-state index >= 15 is 0 Å². The maximum Gasteiger partial charge on any atom is 0.416 e. The molecule has 0 saturated carbocycles. The normalized spacial score (nSPS) is 12.2. The van der Waals surface area contributed by atoms with Crippen LogP contribution in [0.1, 0.15) is 31.9 Å². The number of carbonyl (C=O) groups is 1. The van der Waals surface area contributed by atoms with E-state index in [1.807, 2.05) is 5.32 Å². The summed E-state index contributed by atoms with van der Waals surface area (Å²) < 4.78 is 56.8. The zero-order chi connectivity index (χ0) is 16.4. The maximum atomic E-state index is 13.6. The number of carbonyl (C=O) groups excluding carboxylic acids is 1. The molecule has 0 aliphatic heterocycles. The molecule has 1 rings (SSSR count). The van der Waals surface area contributed by atoms with Crippen molar-refractivity contribution in [2.45, 2.75) is 39.2 Å². The molecular weight excluding hydrogens is 294 g/mol. The fraction of sp³-hybridized carbons (Fsp3) is 0.462. The number of amides is 1. The first-order chi connectivity index (χ1) is 9.44. The summed E-state index contributed by atoms with van der Waals surface area (Å²) in [5.74, 6) is -1.10. The molecule has 0 atom stereocenters. The number of alkyl halides is 3. The van der Waals surface area contributed by atoms with Gasteiger partial charge in [0.05, 0.1) is 17.9 Å². The average molecular weight is 309 g/mol. The Kier molecular flexibility index (Phi) is 4.83. The molecule has 0 aliphatic rings. The van der Waals surface area contributed by atoms with Crippen molar-refractivity contribution in [1.29, 1.82) is 0 Å². The summed E-state index contributed by atoms with van der Waals surface area (Å²) in [7, 11) is 0. The summed E-state index contributed by atoms with van der Waals surface area (Å²) in [5.41, 5.74) is -3.39. The Labute approximate surface area is 118 Å². The molecule has 0 radical (unpaired) electrons. The molecule has 2 N–H and O–H groups in total. The lowest BCUT2D eigenvalue weighted by molar-refractivity contribution is -0.138. The summed E-state index contributed by atoms with van der Waals surface area (Å²) in [6, 6.07) is 0.945. The lowest BCUT2D eigenvalue weighted by Crippen LogP contribution is -2.27. The zero-order valence-corrected chi connectivity index (χ0v) is 11.6. The number of halogens is 4. The topological polar surface area (TPSA) is 58.6 Å². The van der Waals surface area contributed by atoms with Crippen LogP contribution in [-0.2, 0) is 17.5 Å². The van der Waals surface area contributed by atoms with Crippen molar-refractivity contribution >= 4 is 11.8 Å². The average Bonchev–Trinajstić information content (AvgIpc) is 2.27. The van der Waals surface area contributed by atoms with E-state index in [-0.39, 0.29) is 0 Å². The summed E-state index contributed by atoms with van der Waals surface area (Å²) in [4.78, 5) is 11.5. The third-order valence-electron chi connectivity index (χ3n) is 2.30. The predicted molar refractivity (Wildman–Crippen MR) is 67.2 cm³/mol. The van der Waals surface area contributed by atoms with E-state index in [9.17, 15) is 22.4 Å². The van der Waals surface area contributed by atoms with Crippen LogP contribution in [0.3, 0.4) is 0 Å². The molecule has 0 heterocycles. The molecule has 8 heteroatoms. The summed E-state index contributed by atoms with van der Waals surface area (Å²) in [5, 5.41) is 10.8. The largest absolute Gasteiger partial charge is 0.444 e. The standard InChI is InChI=1S/C13H15F4NO3/c1-12(2,3)21-11(20)18-10-5-8(13(15,16)17)7(6-19)4-9(10)14/h4-5,19H,6H2,1-3H3,(H,18,20). The highest BCUT2D eigenvalue weighted by molar-refractivity contribution is 5.85. The van der Waals surface area contributed by atoms with Crippen LogP contribution in [0.2, 0.25) is 0 Å². The maximum absolute atomic E-state index is 13.6. The first kappa shape index (κ1) is 17.2. The second-order valence-corrected chi connectivity index (χ2v) is 5.27. The Balaban J connectivity index is 3.12. The van der Waals surface area contributed by atoms with Crippen molar-refractivity contribution in [3.05, 3.63) is 29.1 Å². The number of aliphatic hydroxyl groups is 1. The van der Waals surface area contributed by atoms with Crippen molar-refractivity contribution in [3.63, 3.8) is 0 Å². The van der Waals surface area contributed by atoms with E-state index in [1.54, 1.807) is 20.8 Å². The Morgan fingerprint density at radius 3 is 2.29 bits per heavy atom. The number of nitrogens with one attached hydrogen (secondary N) is 1. The van der Waals surface area contributed by atoms with Gasteiger partial charge in [-0.2, -0.15) is 13.2 Å². The summed E-state index contributed by atoms with van der Waals surface area (Å²) >= 11 is 0. The zero-order valence-electron chi connectivity index (χ0n) is 11.6. The fourth-order valence-electron chi connectivity index (χ4n) is 1.52. The highest BCUT2D eigenvalue weighted by Gasteiger charge is 2.34.